The fourth-order valence-corrected chi connectivity index (χ4v) is 5.33. The highest BCUT2D eigenvalue weighted by molar-refractivity contribution is 7.89. The second-order valence-corrected chi connectivity index (χ2v) is 11.3. The van der Waals surface area contributed by atoms with Crippen molar-refractivity contribution in [1.82, 2.24) is 14.3 Å². The lowest BCUT2D eigenvalue weighted by Gasteiger charge is -2.14. The van der Waals surface area contributed by atoms with E-state index in [-0.39, 0.29) is 58.4 Å². The van der Waals surface area contributed by atoms with Crippen molar-refractivity contribution in [1.29, 1.82) is 0 Å². The number of alkyl halides is 3. The Kier molecular flexibility index (Phi) is 9.21. The van der Waals surface area contributed by atoms with Gasteiger partial charge in [-0.15, -0.1) is 5.10 Å². The Balaban J connectivity index is 1.75. The number of hydrogen-bond donors (Lipinski definition) is 2. The fourth-order valence-electron chi connectivity index (χ4n) is 4.57. The van der Waals surface area contributed by atoms with Gasteiger partial charge in [0.15, 0.2) is 0 Å². The van der Waals surface area contributed by atoms with E-state index >= 15 is 4.39 Å². The Bertz CT molecular complexity index is 1830. The Labute approximate surface area is 245 Å². The van der Waals surface area contributed by atoms with Gasteiger partial charge in [0.1, 0.15) is 11.6 Å². The first-order valence-corrected chi connectivity index (χ1v) is 14.9. The van der Waals surface area contributed by atoms with Crippen molar-refractivity contribution in [3.8, 4) is 16.8 Å². The van der Waals surface area contributed by atoms with Crippen LogP contribution >= 0.6 is 0 Å². The van der Waals surface area contributed by atoms with Crippen molar-refractivity contribution in [2.75, 3.05) is 5.32 Å². The van der Waals surface area contributed by atoms with E-state index in [2.05, 4.69) is 10.4 Å². The van der Waals surface area contributed by atoms with E-state index in [1.165, 1.54) is 30.3 Å². The van der Waals surface area contributed by atoms with Crippen molar-refractivity contribution in [3.63, 3.8) is 0 Å². The monoisotopic (exact) mass is 619 g/mol. The second kappa shape index (κ2) is 12.5. The van der Waals surface area contributed by atoms with E-state index in [0.29, 0.717) is 11.1 Å². The molecule has 4 aromatic rings. The molecule has 0 spiro atoms. The Morgan fingerprint density at radius 2 is 1.77 bits per heavy atom. The smallest absolute Gasteiger partial charge is 0.326 e. The molecular formula is C29H29F4N5O4S. The molecule has 14 heteroatoms. The molecule has 0 radical (unpaired) electrons. The number of aromatic nitrogens is 3. The molecule has 228 valence electrons. The van der Waals surface area contributed by atoms with Crippen molar-refractivity contribution >= 4 is 21.6 Å². The van der Waals surface area contributed by atoms with Crippen LogP contribution in [0.25, 0.3) is 16.8 Å². The highest BCUT2D eigenvalue weighted by atomic mass is 32.2. The Morgan fingerprint density at radius 3 is 2.40 bits per heavy atom. The third kappa shape index (κ3) is 7.03. The Hall–Kier alpha value is -4.30. The lowest BCUT2D eigenvalue weighted by atomic mass is 10.0. The second-order valence-electron chi connectivity index (χ2n) is 9.78. The molecule has 0 aliphatic rings. The van der Waals surface area contributed by atoms with Crippen LogP contribution in [0.5, 0.6) is 0 Å². The average Bonchev–Trinajstić information content (AvgIpc) is 3.26. The van der Waals surface area contributed by atoms with Crippen LogP contribution in [-0.2, 0) is 34.0 Å². The molecule has 3 N–H and O–H groups in total. The van der Waals surface area contributed by atoms with Gasteiger partial charge < -0.3 is 5.32 Å². The standard InChI is InChI=1S/C29H29F4N5O4S/c1-3-5-10-27(39)35-20-13-14-22(29(31,32)33)24(16-20)38-28(40)37(26(4-2)36-38)17-19-12-11-18(15-23(19)30)21-8-6-7-9-25(21)43(34,41)42/h6-9,11-16H,3-5,10,17H2,1-2H3,(H,35,39)(H2,34,41,42). The molecule has 0 atom stereocenters. The minimum absolute atomic E-state index is 0.0150. The summed E-state index contributed by atoms with van der Waals surface area (Å²) < 4.78 is 82.8. The minimum Gasteiger partial charge on any atom is -0.326 e. The third-order valence-corrected chi connectivity index (χ3v) is 7.68. The van der Waals surface area contributed by atoms with Gasteiger partial charge in [-0.2, -0.15) is 17.9 Å². The molecule has 0 aliphatic carbocycles. The quantitative estimate of drug-likeness (QED) is 0.235. The number of nitrogens with two attached hydrogens (primary N) is 1. The molecule has 9 nitrogen and oxygen atoms in total. The third-order valence-electron chi connectivity index (χ3n) is 6.71. The molecule has 0 bridgehead atoms. The van der Waals surface area contributed by atoms with Crippen molar-refractivity contribution in [2.24, 2.45) is 5.14 Å². The molecule has 0 fully saturated rings. The van der Waals surface area contributed by atoms with Gasteiger partial charge in [0, 0.05) is 29.7 Å². The molecule has 3 aromatic carbocycles. The highest BCUT2D eigenvalue weighted by Crippen LogP contribution is 2.35. The minimum atomic E-state index is -4.84. The predicted octanol–water partition coefficient (Wildman–Crippen LogP) is 5.25. The van der Waals surface area contributed by atoms with Gasteiger partial charge in [0.2, 0.25) is 15.9 Å². The summed E-state index contributed by atoms with van der Waals surface area (Å²) in [6.07, 6.45) is -3.17. The number of anilines is 1. The van der Waals surface area contributed by atoms with Gasteiger partial charge in [-0.05, 0) is 42.3 Å². The fraction of sp³-hybridized carbons (Fsp3) is 0.276. The van der Waals surface area contributed by atoms with Crippen LogP contribution in [0.3, 0.4) is 0 Å². The van der Waals surface area contributed by atoms with E-state index in [4.69, 9.17) is 5.14 Å². The molecule has 0 saturated heterocycles. The van der Waals surface area contributed by atoms with Gasteiger partial charge in [0.25, 0.3) is 0 Å². The largest absolute Gasteiger partial charge is 0.418 e. The summed E-state index contributed by atoms with van der Waals surface area (Å²) in [7, 11) is -4.10. The summed E-state index contributed by atoms with van der Waals surface area (Å²) in [5.74, 6) is -1.07. The van der Waals surface area contributed by atoms with E-state index in [9.17, 15) is 31.2 Å². The molecule has 0 aliphatic heterocycles. The number of primary sulfonamides is 1. The van der Waals surface area contributed by atoms with Crippen LogP contribution in [0.1, 0.15) is 50.1 Å². The number of nitrogens with zero attached hydrogens (tertiary/aromatic N) is 3. The number of aryl methyl sites for hydroxylation is 1. The van der Waals surface area contributed by atoms with Gasteiger partial charge in [-0.25, -0.2) is 22.7 Å². The van der Waals surface area contributed by atoms with Gasteiger partial charge >= 0.3 is 11.9 Å². The van der Waals surface area contributed by atoms with Crippen LogP contribution in [-0.4, -0.2) is 28.7 Å². The number of hydrogen-bond acceptors (Lipinski definition) is 5. The maximum Gasteiger partial charge on any atom is 0.418 e. The van der Waals surface area contributed by atoms with E-state index in [1.54, 1.807) is 13.0 Å². The summed E-state index contributed by atoms with van der Waals surface area (Å²) >= 11 is 0. The number of carbonyl (C=O) groups is 1. The van der Waals surface area contributed by atoms with Crippen LogP contribution in [0.2, 0.25) is 0 Å². The van der Waals surface area contributed by atoms with E-state index < -0.39 is 39.0 Å². The number of halogens is 4. The molecular weight excluding hydrogens is 590 g/mol. The lowest BCUT2D eigenvalue weighted by molar-refractivity contribution is -0.137. The maximum absolute atomic E-state index is 15.3. The maximum atomic E-state index is 15.3. The molecule has 1 aromatic heterocycles. The van der Waals surface area contributed by atoms with Crippen LogP contribution in [0, 0.1) is 5.82 Å². The lowest BCUT2D eigenvalue weighted by Crippen LogP contribution is -2.27. The van der Waals surface area contributed by atoms with Gasteiger partial charge in [0.05, 0.1) is 22.7 Å². The highest BCUT2D eigenvalue weighted by Gasteiger charge is 2.35. The molecule has 4 rings (SSSR count). The van der Waals surface area contributed by atoms with Crippen molar-refractivity contribution in [2.45, 2.75) is 57.1 Å². The first kappa shape index (κ1) is 31.6. The first-order valence-electron chi connectivity index (χ1n) is 13.3. The average molecular weight is 620 g/mol. The SMILES string of the molecule is CCCCC(=O)Nc1ccc(C(F)(F)F)c(-n2nc(CC)n(Cc3ccc(-c4ccccc4S(N)(=O)=O)cc3F)c2=O)c1. The van der Waals surface area contributed by atoms with Gasteiger partial charge in [-0.1, -0.05) is 50.6 Å². The molecule has 1 amide bonds. The number of benzene rings is 3. The van der Waals surface area contributed by atoms with E-state index in [1.807, 2.05) is 6.92 Å². The number of sulfonamides is 1. The summed E-state index contributed by atoms with van der Waals surface area (Å²) in [6, 6.07) is 12.6. The zero-order valence-corrected chi connectivity index (χ0v) is 24.1. The number of carbonyl (C=O) groups excluding carboxylic acids is 1. The molecule has 1 heterocycles. The first-order chi connectivity index (χ1) is 20.2. The molecule has 0 unspecified atom stereocenters. The van der Waals surface area contributed by atoms with Gasteiger partial charge in [-0.3, -0.25) is 9.36 Å². The molecule has 43 heavy (non-hydrogen) atoms. The normalized spacial score (nSPS) is 12.0. The summed E-state index contributed by atoms with van der Waals surface area (Å²) in [5, 5.41) is 12.0. The number of nitrogens with one attached hydrogen (secondary N) is 1. The van der Waals surface area contributed by atoms with Crippen molar-refractivity contribution in [3.05, 3.63) is 93.9 Å². The van der Waals surface area contributed by atoms with Crippen LogP contribution in [0.4, 0.5) is 23.2 Å². The summed E-state index contributed by atoms with van der Waals surface area (Å²) in [6.45, 7) is 3.17. The molecule has 0 saturated carbocycles. The summed E-state index contributed by atoms with van der Waals surface area (Å²) in [5.41, 5.74) is -2.20. The van der Waals surface area contributed by atoms with E-state index in [0.717, 1.165) is 35.3 Å². The number of unbranched alkanes of at least 4 members (excludes halogenated alkanes) is 1. The van der Waals surface area contributed by atoms with Crippen LogP contribution in [0.15, 0.2) is 70.4 Å². The zero-order chi connectivity index (χ0) is 31.5. The van der Waals surface area contributed by atoms with Crippen LogP contribution < -0.4 is 16.1 Å². The number of rotatable bonds is 10. The van der Waals surface area contributed by atoms with Crippen molar-refractivity contribution < 1.29 is 30.8 Å². The predicted molar refractivity (Wildman–Crippen MR) is 153 cm³/mol. The zero-order valence-electron chi connectivity index (χ0n) is 23.3. The Morgan fingerprint density at radius 1 is 1.05 bits per heavy atom. The topological polar surface area (TPSA) is 129 Å². The number of amides is 1. The summed E-state index contributed by atoms with van der Waals surface area (Å²) in [4.78, 5) is 25.5.